The molecule has 0 radical (unpaired) electrons. The van der Waals surface area contributed by atoms with E-state index in [2.05, 4.69) is 19.3 Å². The van der Waals surface area contributed by atoms with Crippen LogP contribution in [0, 0.1) is 5.92 Å². The van der Waals surface area contributed by atoms with Crippen LogP contribution in [0.15, 0.2) is 0 Å². The monoisotopic (exact) mass is 158 g/mol. The van der Waals surface area contributed by atoms with Crippen molar-refractivity contribution in [1.29, 1.82) is 0 Å². The summed E-state index contributed by atoms with van der Waals surface area (Å²) < 4.78 is 5.52. The molecule has 0 spiro atoms. The summed E-state index contributed by atoms with van der Waals surface area (Å²) in [6.07, 6.45) is 2.66. The van der Waals surface area contributed by atoms with E-state index in [0.29, 0.717) is 18.1 Å². The fraction of sp³-hybridized carbons (Fsp3) is 1.00. The topological polar surface area (TPSA) is 47.3 Å². The lowest BCUT2D eigenvalue weighted by molar-refractivity contribution is 0.0634. The van der Waals surface area contributed by atoms with Gasteiger partial charge in [0.05, 0.1) is 6.10 Å². The van der Waals surface area contributed by atoms with Gasteiger partial charge < -0.3 is 4.74 Å². The van der Waals surface area contributed by atoms with Gasteiger partial charge in [-0.25, -0.2) is 0 Å². The smallest absolute Gasteiger partial charge is 0.0744 e. The second-order valence-electron chi connectivity index (χ2n) is 3.49. The van der Waals surface area contributed by atoms with Gasteiger partial charge in [-0.05, 0) is 18.8 Å². The maximum atomic E-state index is 5.52. The van der Waals surface area contributed by atoms with Crippen molar-refractivity contribution in [1.82, 2.24) is 5.43 Å². The Bertz CT molecular complexity index is 111. The molecular formula is C8H18N2O. The Hall–Kier alpha value is -0.120. The summed E-state index contributed by atoms with van der Waals surface area (Å²) in [6.45, 7) is 5.22. The Morgan fingerprint density at radius 3 is 2.64 bits per heavy atom. The Balaban J connectivity index is 2.40. The number of hydrogen-bond acceptors (Lipinski definition) is 3. The number of rotatable bonds is 3. The first kappa shape index (κ1) is 8.97. The molecule has 2 unspecified atom stereocenters. The van der Waals surface area contributed by atoms with Crippen molar-refractivity contribution in [2.75, 3.05) is 6.61 Å². The first-order valence-corrected chi connectivity index (χ1v) is 4.33. The van der Waals surface area contributed by atoms with Crippen molar-refractivity contribution in [3.05, 3.63) is 0 Å². The summed E-state index contributed by atoms with van der Waals surface area (Å²) in [5.74, 6) is 5.97. The lowest BCUT2D eigenvalue weighted by atomic mass is 9.97. The molecule has 0 aromatic rings. The van der Waals surface area contributed by atoms with E-state index in [-0.39, 0.29) is 0 Å². The van der Waals surface area contributed by atoms with E-state index < -0.39 is 0 Å². The van der Waals surface area contributed by atoms with Gasteiger partial charge in [-0.15, -0.1) is 0 Å². The highest BCUT2D eigenvalue weighted by Crippen LogP contribution is 2.19. The predicted molar refractivity (Wildman–Crippen MR) is 44.9 cm³/mol. The quantitative estimate of drug-likeness (QED) is 0.468. The molecule has 1 rings (SSSR count). The average Bonchev–Trinajstić information content (AvgIpc) is 2.40. The molecule has 1 aliphatic heterocycles. The van der Waals surface area contributed by atoms with Gasteiger partial charge in [0.25, 0.3) is 0 Å². The van der Waals surface area contributed by atoms with Crippen molar-refractivity contribution < 1.29 is 4.74 Å². The minimum absolute atomic E-state index is 0.317. The molecule has 0 amide bonds. The van der Waals surface area contributed by atoms with Crippen LogP contribution in [-0.2, 0) is 4.74 Å². The molecule has 0 saturated carbocycles. The molecule has 0 aromatic heterocycles. The van der Waals surface area contributed by atoms with Crippen LogP contribution >= 0.6 is 0 Å². The Labute approximate surface area is 68.3 Å². The van der Waals surface area contributed by atoms with Gasteiger partial charge in [0, 0.05) is 12.6 Å². The summed E-state index contributed by atoms with van der Waals surface area (Å²) in [5.41, 5.74) is 2.82. The molecule has 66 valence electrons. The van der Waals surface area contributed by atoms with Crippen LogP contribution in [0.25, 0.3) is 0 Å². The van der Waals surface area contributed by atoms with Crippen molar-refractivity contribution >= 4 is 0 Å². The molecule has 11 heavy (non-hydrogen) atoms. The highest BCUT2D eigenvalue weighted by Gasteiger charge is 2.26. The summed E-state index contributed by atoms with van der Waals surface area (Å²) >= 11 is 0. The van der Waals surface area contributed by atoms with Crippen LogP contribution in [0.5, 0.6) is 0 Å². The standard InChI is InChI=1S/C8H18N2O/c1-6(2)8(10-9)7-4-3-5-11-7/h6-8,10H,3-5,9H2,1-2H3. The lowest BCUT2D eigenvalue weighted by Gasteiger charge is -2.25. The zero-order valence-corrected chi connectivity index (χ0v) is 7.34. The average molecular weight is 158 g/mol. The van der Waals surface area contributed by atoms with Gasteiger partial charge in [-0.3, -0.25) is 11.3 Å². The number of nitrogens with one attached hydrogen (secondary N) is 1. The van der Waals surface area contributed by atoms with Gasteiger partial charge in [0.1, 0.15) is 0 Å². The Morgan fingerprint density at radius 1 is 1.55 bits per heavy atom. The van der Waals surface area contributed by atoms with E-state index in [9.17, 15) is 0 Å². The second-order valence-corrected chi connectivity index (χ2v) is 3.49. The SMILES string of the molecule is CC(C)C(NN)C1CCCO1. The Kier molecular flexibility index (Phi) is 3.30. The third-order valence-electron chi connectivity index (χ3n) is 2.28. The van der Waals surface area contributed by atoms with Gasteiger partial charge in [-0.1, -0.05) is 13.8 Å². The van der Waals surface area contributed by atoms with Gasteiger partial charge in [-0.2, -0.15) is 0 Å². The maximum absolute atomic E-state index is 5.52. The molecule has 1 fully saturated rings. The van der Waals surface area contributed by atoms with Crippen molar-refractivity contribution in [3.63, 3.8) is 0 Å². The largest absolute Gasteiger partial charge is 0.377 e. The van der Waals surface area contributed by atoms with Crippen molar-refractivity contribution in [3.8, 4) is 0 Å². The van der Waals surface area contributed by atoms with Crippen LogP contribution in [0.2, 0.25) is 0 Å². The molecular weight excluding hydrogens is 140 g/mol. The minimum atomic E-state index is 0.317. The van der Waals surface area contributed by atoms with E-state index in [1.54, 1.807) is 0 Å². The lowest BCUT2D eigenvalue weighted by Crippen LogP contribution is -2.47. The molecule has 2 atom stereocenters. The number of hydrogen-bond donors (Lipinski definition) is 2. The van der Waals surface area contributed by atoms with Crippen LogP contribution < -0.4 is 11.3 Å². The Morgan fingerprint density at radius 2 is 2.27 bits per heavy atom. The number of hydrazine groups is 1. The van der Waals surface area contributed by atoms with E-state index >= 15 is 0 Å². The summed E-state index contributed by atoms with van der Waals surface area (Å²) in [4.78, 5) is 0. The highest BCUT2D eigenvalue weighted by molar-refractivity contribution is 4.80. The molecule has 3 nitrogen and oxygen atoms in total. The summed E-state index contributed by atoms with van der Waals surface area (Å²) in [7, 11) is 0. The van der Waals surface area contributed by atoms with Crippen LogP contribution in [0.1, 0.15) is 26.7 Å². The zero-order chi connectivity index (χ0) is 8.27. The van der Waals surface area contributed by atoms with E-state index in [1.807, 2.05) is 0 Å². The molecule has 0 aliphatic carbocycles. The molecule has 1 saturated heterocycles. The molecule has 1 aliphatic rings. The molecule has 3 heteroatoms. The first-order valence-electron chi connectivity index (χ1n) is 4.33. The number of ether oxygens (including phenoxy) is 1. The predicted octanol–water partition coefficient (Wildman–Crippen LogP) is 0.653. The van der Waals surface area contributed by atoms with Gasteiger partial charge >= 0.3 is 0 Å². The number of nitrogens with two attached hydrogens (primary N) is 1. The first-order chi connectivity index (χ1) is 5.25. The fourth-order valence-electron chi connectivity index (χ4n) is 1.61. The second kappa shape index (κ2) is 4.04. The maximum Gasteiger partial charge on any atom is 0.0744 e. The van der Waals surface area contributed by atoms with Gasteiger partial charge in [0.2, 0.25) is 0 Å². The van der Waals surface area contributed by atoms with Gasteiger partial charge in [0.15, 0.2) is 0 Å². The molecule has 0 aromatic carbocycles. The normalized spacial score (nSPS) is 27.8. The van der Waals surface area contributed by atoms with E-state index in [0.717, 1.165) is 13.0 Å². The molecule has 3 N–H and O–H groups in total. The molecule has 1 heterocycles. The third kappa shape index (κ3) is 2.15. The van der Waals surface area contributed by atoms with Crippen molar-refractivity contribution in [2.24, 2.45) is 11.8 Å². The summed E-state index contributed by atoms with van der Waals surface area (Å²) in [5, 5.41) is 0. The van der Waals surface area contributed by atoms with Crippen LogP contribution in [-0.4, -0.2) is 18.8 Å². The van der Waals surface area contributed by atoms with Crippen molar-refractivity contribution in [2.45, 2.75) is 38.8 Å². The van der Waals surface area contributed by atoms with Crippen LogP contribution in [0.3, 0.4) is 0 Å². The highest BCUT2D eigenvalue weighted by atomic mass is 16.5. The third-order valence-corrected chi connectivity index (χ3v) is 2.28. The molecule has 0 bridgehead atoms. The zero-order valence-electron chi connectivity index (χ0n) is 7.34. The van der Waals surface area contributed by atoms with E-state index in [1.165, 1.54) is 6.42 Å². The van der Waals surface area contributed by atoms with E-state index in [4.69, 9.17) is 10.6 Å². The van der Waals surface area contributed by atoms with Crippen LogP contribution in [0.4, 0.5) is 0 Å². The summed E-state index contributed by atoms with van der Waals surface area (Å²) in [6, 6.07) is 0.317. The minimum Gasteiger partial charge on any atom is -0.377 e. The fourth-order valence-corrected chi connectivity index (χ4v) is 1.61.